The molecule has 2 aromatic rings. The van der Waals surface area contributed by atoms with E-state index in [-0.39, 0.29) is 17.2 Å². The standard InChI is InChI=1S/C13H9IN2O3/c14-9-2-4-10(5-3-9)16-12(17)11-6-1-8(7-15-11)13(18)19/h1-7H,(H,16,17)(H,18,19). The number of aromatic carboxylic acids is 1. The van der Waals surface area contributed by atoms with Crippen LogP contribution in [0, 0.1) is 3.57 Å². The van der Waals surface area contributed by atoms with Gasteiger partial charge >= 0.3 is 5.97 Å². The van der Waals surface area contributed by atoms with Crippen LogP contribution in [0.15, 0.2) is 42.6 Å². The van der Waals surface area contributed by atoms with Gasteiger partial charge in [0.05, 0.1) is 5.56 Å². The number of carboxylic acid groups (broad SMARTS) is 1. The third-order valence-electron chi connectivity index (χ3n) is 2.35. The first-order valence-corrected chi connectivity index (χ1v) is 6.40. The Morgan fingerprint density at radius 1 is 1.11 bits per heavy atom. The van der Waals surface area contributed by atoms with Crippen molar-refractivity contribution in [2.45, 2.75) is 0 Å². The first kappa shape index (κ1) is 13.5. The van der Waals surface area contributed by atoms with Crippen LogP contribution in [0.4, 0.5) is 5.69 Å². The van der Waals surface area contributed by atoms with Gasteiger partial charge in [-0.15, -0.1) is 0 Å². The Labute approximate surface area is 122 Å². The van der Waals surface area contributed by atoms with Crippen LogP contribution < -0.4 is 5.32 Å². The summed E-state index contributed by atoms with van der Waals surface area (Å²) in [5.41, 5.74) is 0.879. The number of carboxylic acids is 1. The van der Waals surface area contributed by atoms with Gasteiger partial charge in [0.2, 0.25) is 0 Å². The van der Waals surface area contributed by atoms with Crippen molar-refractivity contribution in [1.29, 1.82) is 0 Å². The molecular formula is C13H9IN2O3. The first-order valence-electron chi connectivity index (χ1n) is 5.32. The lowest BCUT2D eigenvalue weighted by Crippen LogP contribution is -2.14. The molecule has 0 aliphatic carbocycles. The van der Waals surface area contributed by atoms with Gasteiger partial charge in [-0.2, -0.15) is 0 Å². The zero-order chi connectivity index (χ0) is 13.8. The van der Waals surface area contributed by atoms with E-state index in [2.05, 4.69) is 32.9 Å². The van der Waals surface area contributed by atoms with Crippen LogP contribution >= 0.6 is 22.6 Å². The van der Waals surface area contributed by atoms with Gasteiger partial charge in [0.25, 0.3) is 5.91 Å². The lowest BCUT2D eigenvalue weighted by molar-refractivity contribution is 0.0696. The van der Waals surface area contributed by atoms with Gasteiger partial charge in [-0.1, -0.05) is 0 Å². The Morgan fingerprint density at radius 3 is 2.32 bits per heavy atom. The number of amides is 1. The molecule has 1 aromatic carbocycles. The third-order valence-corrected chi connectivity index (χ3v) is 3.06. The van der Waals surface area contributed by atoms with Crippen LogP contribution in [0.3, 0.4) is 0 Å². The fourth-order valence-electron chi connectivity index (χ4n) is 1.38. The van der Waals surface area contributed by atoms with Crippen LogP contribution in [0.25, 0.3) is 0 Å². The molecule has 0 saturated carbocycles. The van der Waals surface area contributed by atoms with Gasteiger partial charge in [-0.3, -0.25) is 9.78 Å². The molecule has 0 bridgehead atoms. The Morgan fingerprint density at radius 2 is 1.79 bits per heavy atom. The Kier molecular flexibility index (Phi) is 4.10. The van der Waals surface area contributed by atoms with Gasteiger partial charge in [-0.25, -0.2) is 4.79 Å². The molecule has 2 rings (SSSR count). The molecule has 2 N–H and O–H groups in total. The van der Waals surface area contributed by atoms with E-state index in [1.54, 1.807) is 12.1 Å². The topological polar surface area (TPSA) is 79.3 Å². The highest BCUT2D eigenvalue weighted by molar-refractivity contribution is 14.1. The second kappa shape index (κ2) is 5.79. The number of nitrogens with zero attached hydrogens (tertiary/aromatic N) is 1. The SMILES string of the molecule is O=C(O)c1ccc(C(=O)Nc2ccc(I)cc2)nc1. The van der Waals surface area contributed by atoms with Crippen LogP contribution in [0.1, 0.15) is 20.8 Å². The van der Waals surface area contributed by atoms with Crippen molar-refractivity contribution < 1.29 is 14.7 Å². The second-order valence-electron chi connectivity index (χ2n) is 3.70. The van der Waals surface area contributed by atoms with Gasteiger partial charge in [0, 0.05) is 15.5 Å². The average Bonchev–Trinajstić information content (AvgIpc) is 2.41. The number of nitrogens with one attached hydrogen (secondary N) is 1. The summed E-state index contributed by atoms with van der Waals surface area (Å²) < 4.78 is 1.07. The fourth-order valence-corrected chi connectivity index (χ4v) is 1.74. The summed E-state index contributed by atoms with van der Waals surface area (Å²) in [5, 5.41) is 11.4. The summed E-state index contributed by atoms with van der Waals surface area (Å²) >= 11 is 2.17. The monoisotopic (exact) mass is 368 g/mol. The van der Waals surface area contributed by atoms with Gasteiger partial charge in [0.15, 0.2) is 0 Å². The molecule has 1 heterocycles. The molecule has 0 saturated heterocycles. The Bertz CT molecular complexity index is 609. The maximum atomic E-state index is 11.9. The van der Waals surface area contributed by atoms with Crippen LogP contribution in [0.5, 0.6) is 0 Å². The zero-order valence-corrected chi connectivity index (χ0v) is 11.8. The number of hydrogen-bond acceptors (Lipinski definition) is 3. The largest absolute Gasteiger partial charge is 0.478 e. The van der Waals surface area contributed by atoms with Crippen molar-refractivity contribution in [3.63, 3.8) is 0 Å². The van der Waals surface area contributed by atoms with E-state index in [0.29, 0.717) is 5.69 Å². The maximum absolute atomic E-state index is 11.9. The highest BCUT2D eigenvalue weighted by atomic mass is 127. The number of hydrogen-bond donors (Lipinski definition) is 2. The van der Waals surface area contributed by atoms with Crippen molar-refractivity contribution in [2.75, 3.05) is 5.32 Å². The summed E-state index contributed by atoms with van der Waals surface area (Å²) in [4.78, 5) is 26.3. The van der Waals surface area contributed by atoms with Crippen LogP contribution in [-0.2, 0) is 0 Å². The molecule has 96 valence electrons. The summed E-state index contributed by atoms with van der Waals surface area (Å²) in [7, 11) is 0. The predicted molar refractivity (Wildman–Crippen MR) is 78.3 cm³/mol. The smallest absolute Gasteiger partial charge is 0.337 e. The van der Waals surface area contributed by atoms with E-state index in [1.165, 1.54) is 12.1 Å². The van der Waals surface area contributed by atoms with E-state index in [4.69, 9.17) is 5.11 Å². The number of rotatable bonds is 3. The normalized spacial score (nSPS) is 9.95. The van der Waals surface area contributed by atoms with Crippen LogP contribution in [0.2, 0.25) is 0 Å². The molecule has 0 aliphatic rings. The molecule has 0 unspecified atom stereocenters. The third kappa shape index (κ3) is 3.50. The molecule has 0 aliphatic heterocycles. The Hall–Kier alpha value is -1.96. The molecular weight excluding hydrogens is 359 g/mol. The number of carbonyl (C=O) groups is 2. The molecule has 1 aromatic heterocycles. The number of carbonyl (C=O) groups excluding carboxylic acids is 1. The number of anilines is 1. The molecule has 5 nitrogen and oxygen atoms in total. The maximum Gasteiger partial charge on any atom is 0.337 e. The van der Waals surface area contributed by atoms with E-state index < -0.39 is 5.97 Å². The summed E-state index contributed by atoms with van der Waals surface area (Å²) in [6.07, 6.45) is 1.16. The summed E-state index contributed by atoms with van der Waals surface area (Å²) in [5.74, 6) is -1.45. The minimum atomic E-state index is -1.07. The van der Waals surface area contributed by atoms with E-state index in [1.807, 2.05) is 12.1 Å². The molecule has 0 spiro atoms. The molecule has 1 amide bonds. The number of benzene rings is 1. The summed E-state index contributed by atoms with van der Waals surface area (Å²) in [6, 6.07) is 10.0. The van der Waals surface area contributed by atoms with E-state index >= 15 is 0 Å². The molecule has 19 heavy (non-hydrogen) atoms. The van der Waals surface area contributed by atoms with Crippen molar-refractivity contribution >= 4 is 40.2 Å². The van der Waals surface area contributed by atoms with Gasteiger partial charge < -0.3 is 10.4 Å². The minimum absolute atomic E-state index is 0.0471. The van der Waals surface area contributed by atoms with Crippen molar-refractivity contribution in [1.82, 2.24) is 4.98 Å². The Balaban J connectivity index is 2.11. The van der Waals surface area contributed by atoms with Crippen molar-refractivity contribution in [2.24, 2.45) is 0 Å². The van der Waals surface area contributed by atoms with E-state index in [0.717, 1.165) is 9.77 Å². The highest BCUT2D eigenvalue weighted by Gasteiger charge is 2.09. The van der Waals surface area contributed by atoms with Gasteiger partial charge in [-0.05, 0) is 59.0 Å². The quantitative estimate of drug-likeness (QED) is 0.817. The molecule has 0 fully saturated rings. The van der Waals surface area contributed by atoms with Crippen LogP contribution in [-0.4, -0.2) is 22.0 Å². The van der Waals surface area contributed by atoms with E-state index in [9.17, 15) is 9.59 Å². The van der Waals surface area contributed by atoms with Crippen molar-refractivity contribution in [3.8, 4) is 0 Å². The number of halogens is 1. The molecule has 0 atom stereocenters. The first-order chi connectivity index (χ1) is 9.06. The highest BCUT2D eigenvalue weighted by Crippen LogP contribution is 2.12. The molecule has 6 heteroatoms. The summed E-state index contributed by atoms with van der Waals surface area (Å²) in [6.45, 7) is 0. The minimum Gasteiger partial charge on any atom is -0.478 e. The lowest BCUT2D eigenvalue weighted by Gasteiger charge is -2.04. The predicted octanol–water partition coefficient (Wildman–Crippen LogP) is 2.64. The zero-order valence-electron chi connectivity index (χ0n) is 9.63. The van der Waals surface area contributed by atoms with Crippen molar-refractivity contribution in [3.05, 3.63) is 57.4 Å². The van der Waals surface area contributed by atoms with Gasteiger partial charge in [0.1, 0.15) is 5.69 Å². The molecule has 0 radical (unpaired) electrons. The number of pyridine rings is 1. The second-order valence-corrected chi connectivity index (χ2v) is 4.94. The lowest BCUT2D eigenvalue weighted by atomic mass is 10.2. The average molecular weight is 368 g/mol. The fraction of sp³-hybridized carbons (Fsp3) is 0. The number of aromatic nitrogens is 1.